The molecular formula is C22H25N3O2S. The highest BCUT2D eigenvalue weighted by atomic mass is 32.2. The fraction of sp³-hybridized carbons (Fsp3) is 0.318. The summed E-state index contributed by atoms with van der Waals surface area (Å²) in [6.45, 7) is 8.13. The molecule has 0 spiro atoms. The maximum atomic E-state index is 12.9. The van der Waals surface area contributed by atoms with Crippen LogP contribution in [0.25, 0.3) is 11.4 Å². The van der Waals surface area contributed by atoms with Crippen LogP contribution in [0.4, 0.5) is 0 Å². The molecule has 0 aliphatic heterocycles. The molecule has 0 saturated heterocycles. The van der Waals surface area contributed by atoms with Gasteiger partial charge in [0.15, 0.2) is 16.8 Å². The Hall–Kier alpha value is -2.60. The van der Waals surface area contributed by atoms with E-state index in [-0.39, 0.29) is 5.78 Å². The summed E-state index contributed by atoms with van der Waals surface area (Å²) in [4.78, 5) is 12.9. The average molecular weight is 396 g/mol. The first kappa shape index (κ1) is 20.1. The molecule has 6 heteroatoms. The fourth-order valence-corrected chi connectivity index (χ4v) is 4.07. The number of hydrogen-bond donors (Lipinski definition) is 0. The Labute approximate surface area is 170 Å². The minimum Gasteiger partial charge on any atom is -0.497 e. The summed E-state index contributed by atoms with van der Waals surface area (Å²) in [6, 6.07) is 9.84. The van der Waals surface area contributed by atoms with Crippen LogP contribution >= 0.6 is 11.8 Å². The average Bonchev–Trinajstić information content (AvgIpc) is 3.05. The van der Waals surface area contributed by atoms with Gasteiger partial charge in [-0.2, -0.15) is 0 Å². The number of Topliss-reactive ketones (excluding diaryl/α,β-unsaturated/α-hetero) is 1. The topological polar surface area (TPSA) is 57.0 Å². The third kappa shape index (κ3) is 3.83. The first-order chi connectivity index (χ1) is 13.3. The lowest BCUT2D eigenvalue weighted by Gasteiger charge is -2.14. The number of benzene rings is 2. The molecule has 1 aromatic heterocycles. The SMILES string of the molecule is COc1cccc(-c2nnc(SCC(=O)c3c(C)c(C)cc(C)c3C)n2C)c1. The minimum atomic E-state index is 0.123. The molecule has 0 amide bonds. The van der Waals surface area contributed by atoms with Gasteiger partial charge in [0.1, 0.15) is 5.75 Å². The van der Waals surface area contributed by atoms with Gasteiger partial charge in [-0.25, -0.2) is 0 Å². The van der Waals surface area contributed by atoms with Crippen molar-refractivity contribution in [1.29, 1.82) is 0 Å². The summed E-state index contributed by atoms with van der Waals surface area (Å²) < 4.78 is 7.20. The zero-order valence-corrected chi connectivity index (χ0v) is 18.0. The molecule has 0 atom stereocenters. The van der Waals surface area contributed by atoms with Gasteiger partial charge in [-0.1, -0.05) is 30.0 Å². The van der Waals surface area contributed by atoms with Gasteiger partial charge < -0.3 is 9.30 Å². The van der Waals surface area contributed by atoms with Gasteiger partial charge in [0.05, 0.1) is 12.9 Å². The molecule has 146 valence electrons. The number of carbonyl (C=O) groups is 1. The molecule has 0 bridgehead atoms. The molecule has 1 heterocycles. The van der Waals surface area contributed by atoms with E-state index in [4.69, 9.17) is 4.74 Å². The molecule has 0 radical (unpaired) electrons. The maximum absolute atomic E-state index is 12.9. The number of thioether (sulfide) groups is 1. The quantitative estimate of drug-likeness (QED) is 0.447. The lowest BCUT2D eigenvalue weighted by Crippen LogP contribution is -2.10. The normalized spacial score (nSPS) is 10.9. The van der Waals surface area contributed by atoms with E-state index in [1.807, 2.05) is 49.7 Å². The summed E-state index contributed by atoms with van der Waals surface area (Å²) in [7, 11) is 3.55. The molecule has 0 aliphatic rings. The number of nitrogens with zero attached hydrogens (tertiary/aromatic N) is 3. The molecule has 0 unspecified atom stereocenters. The number of methoxy groups -OCH3 is 1. The lowest BCUT2D eigenvalue weighted by atomic mass is 9.92. The van der Waals surface area contributed by atoms with Gasteiger partial charge in [0.2, 0.25) is 0 Å². The van der Waals surface area contributed by atoms with Crippen molar-refractivity contribution in [2.75, 3.05) is 12.9 Å². The highest BCUT2D eigenvalue weighted by Crippen LogP contribution is 2.27. The first-order valence-corrected chi connectivity index (χ1v) is 10.1. The van der Waals surface area contributed by atoms with Gasteiger partial charge in [0.25, 0.3) is 0 Å². The van der Waals surface area contributed by atoms with Crippen LogP contribution in [0.1, 0.15) is 32.6 Å². The van der Waals surface area contributed by atoms with Gasteiger partial charge in [-0.05, 0) is 62.1 Å². The molecule has 0 aliphatic carbocycles. The molecule has 0 N–H and O–H groups in total. The molecule has 28 heavy (non-hydrogen) atoms. The molecule has 5 nitrogen and oxygen atoms in total. The van der Waals surface area contributed by atoms with Crippen LogP contribution in [0.5, 0.6) is 5.75 Å². The van der Waals surface area contributed by atoms with Gasteiger partial charge in [0, 0.05) is 18.2 Å². The Morgan fingerprint density at radius 1 is 1.07 bits per heavy atom. The summed E-state index contributed by atoms with van der Waals surface area (Å²) >= 11 is 1.41. The Balaban J connectivity index is 1.81. The van der Waals surface area contributed by atoms with E-state index in [9.17, 15) is 4.79 Å². The predicted octanol–water partition coefficient (Wildman–Crippen LogP) is 4.70. The lowest BCUT2D eigenvalue weighted by molar-refractivity contribution is 0.102. The van der Waals surface area contributed by atoms with Crippen LogP contribution < -0.4 is 4.74 Å². The highest BCUT2D eigenvalue weighted by Gasteiger charge is 2.18. The minimum absolute atomic E-state index is 0.123. The summed E-state index contributed by atoms with van der Waals surface area (Å²) in [6.07, 6.45) is 0. The molecular weight excluding hydrogens is 370 g/mol. The maximum Gasteiger partial charge on any atom is 0.191 e. The number of rotatable bonds is 6. The van der Waals surface area contributed by atoms with Crippen LogP contribution in [-0.4, -0.2) is 33.4 Å². The van der Waals surface area contributed by atoms with Crippen LogP contribution in [0.3, 0.4) is 0 Å². The number of aromatic nitrogens is 3. The zero-order chi connectivity index (χ0) is 20.4. The largest absolute Gasteiger partial charge is 0.497 e. The van der Waals surface area contributed by atoms with Crippen molar-refractivity contribution < 1.29 is 9.53 Å². The molecule has 3 aromatic rings. The standard InChI is InChI=1S/C22H25N3O2S/c1-13-10-14(2)16(4)20(15(13)3)19(26)12-28-22-24-23-21(25(22)5)17-8-7-9-18(11-17)27-6/h7-11H,12H2,1-6H3. The smallest absolute Gasteiger partial charge is 0.191 e. The summed E-state index contributed by atoms with van der Waals surface area (Å²) in [5.74, 6) is 1.96. The van der Waals surface area contributed by atoms with Crippen molar-refractivity contribution in [2.24, 2.45) is 7.05 Å². The van der Waals surface area contributed by atoms with E-state index in [0.29, 0.717) is 10.9 Å². The molecule has 3 rings (SSSR count). The van der Waals surface area contributed by atoms with Crippen LogP contribution in [-0.2, 0) is 7.05 Å². The third-order valence-corrected chi connectivity index (χ3v) is 6.16. The highest BCUT2D eigenvalue weighted by molar-refractivity contribution is 7.99. The number of carbonyl (C=O) groups excluding carboxylic acids is 1. The van der Waals surface area contributed by atoms with Gasteiger partial charge >= 0.3 is 0 Å². The van der Waals surface area contributed by atoms with Crippen LogP contribution in [0.15, 0.2) is 35.5 Å². The van der Waals surface area contributed by atoms with Gasteiger partial charge in [-0.3, -0.25) is 4.79 Å². The zero-order valence-electron chi connectivity index (χ0n) is 17.2. The van der Waals surface area contributed by atoms with E-state index in [1.165, 1.54) is 11.8 Å². The van der Waals surface area contributed by atoms with Crippen molar-refractivity contribution in [3.05, 3.63) is 58.1 Å². The fourth-order valence-electron chi connectivity index (χ4n) is 3.29. The van der Waals surface area contributed by atoms with E-state index in [1.54, 1.807) is 7.11 Å². The number of ether oxygens (including phenoxy) is 1. The molecule has 2 aromatic carbocycles. The Morgan fingerprint density at radius 2 is 1.75 bits per heavy atom. The van der Waals surface area contributed by atoms with E-state index in [2.05, 4.69) is 30.1 Å². The number of ketones is 1. The molecule has 0 fully saturated rings. The van der Waals surface area contributed by atoms with Crippen LogP contribution in [0, 0.1) is 27.7 Å². The Kier molecular flexibility index (Phi) is 5.89. The van der Waals surface area contributed by atoms with Crippen molar-refractivity contribution >= 4 is 17.5 Å². The van der Waals surface area contributed by atoms with Gasteiger partial charge in [-0.15, -0.1) is 10.2 Å². The van der Waals surface area contributed by atoms with E-state index < -0.39 is 0 Å². The van der Waals surface area contributed by atoms with Crippen molar-refractivity contribution in [3.63, 3.8) is 0 Å². The number of hydrogen-bond acceptors (Lipinski definition) is 5. The number of aryl methyl sites for hydroxylation is 2. The van der Waals surface area contributed by atoms with E-state index >= 15 is 0 Å². The van der Waals surface area contributed by atoms with Crippen molar-refractivity contribution in [1.82, 2.24) is 14.8 Å². The molecule has 0 saturated carbocycles. The second-order valence-corrected chi connectivity index (χ2v) is 7.89. The second kappa shape index (κ2) is 8.19. The van der Waals surface area contributed by atoms with Crippen molar-refractivity contribution in [3.8, 4) is 17.1 Å². The Morgan fingerprint density at radius 3 is 2.39 bits per heavy atom. The first-order valence-electron chi connectivity index (χ1n) is 9.10. The Bertz CT molecular complexity index is 1010. The monoisotopic (exact) mass is 395 g/mol. The second-order valence-electron chi connectivity index (χ2n) is 6.94. The third-order valence-electron chi connectivity index (χ3n) is 5.14. The van der Waals surface area contributed by atoms with E-state index in [0.717, 1.165) is 45.0 Å². The predicted molar refractivity (Wildman–Crippen MR) is 113 cm³/mol. The van der Waals surface area contributed by atoms with Crippen LogP contribution in [0.2, 0.25) is 0 Å². The summed E-state index contributed by atoms with van der Waals surface area (Å²) in [5, 5.41) is 9.29. The van der Waals surface area contributed by atoms with Crippen molar-refractivity contribution in [2.45, 2.75) is 32.9 Å². The summed E-state index contributed by atoms with van der Waals surface area (Å²) in [5.41, 5.74) is 6.17.